The second kappa shape index (κ2) is 10.3. The molecule has 0 amide bonds. The van der Waals surface area contributed by atoms with Crippen LogP contribution in [0.2, 0.25) is 0 Å². The van der Waals surface area contributed by atoms with Crippen LogP contribution in [-0.4, -0.2) is 33.7 Å². The van der Waals surface area contributed by atoms with Gasteiger partial charge in [0.1, 0.15) is 0 Å². The van der Waals surface area contributed by atoms with Crippen molar-refractivity contribution < 1.29 is 17.9 Å². The zero-order valence-corrected chi connectivity index (χ0v) is 17.2. The SMILES string of the molecule is CCCCC(CCCC)(CC(OC)OC)S(=O)(=O)c1ccc(C)cc1. The predicted octanol–water partition coefficient (Wildman–Crippen LogP) is 4.90. The lowest BCUT2D eigenvalue weighted by Gasteiger charge is -2.36. The van der Waals surface area contributed by atoms with E-state index in [9.17, 15) is 8.42 Å². The van der Waals surface area contributed by atoms with E-state index >= 15 is 0 Å². The molecule has 0 heterocycles. The number of sulfone groups is 1. The summed E-state index contributed by atoms with van der Waals surface area (Å²) in [6, 6.07) is 7.18. The highest BCUT2D eigenvalue weighted by Gasteiger charge is 2.45. The largest absolute Gasteiger partial charge is 0.356 e. The summed E-state index contributed by atoms with van der Waals surface area (Å²) in [5, 5.41) is 0. The van der Waals surface area contributed by atoms with Crippen molar-refractivity contribution in [3.63, 3.8) is 0 Å². The van der Waals surface area contributed by atoms with E-state index in [1.165, 1.54) is 0 Å². The number of benzene rings is 1. The lowest BCUT2D eigenvalue weighted by Crippen LogP contribution is -2.43. The first-order chi connectivity index (χ1) is 11.9. The molecule has 0 radical (unpaired) electrons. The summed E-state index contributed by atoms with van der Waals surface area (Å²) < 4.78 is 37.2. The van der Waals surface area contributed by atoms with E-state index in [0.717, 1.165) is 31.2 Å². The van der Waals surface area contributed by atoms with E-state index in [2.05, 4.69) is 13.8 Å². The molecule has 144 valence electrons. The van der Waals surface area contributed by atoms with Crippen LogP contribution in [-0.2, 0) is 19.3 Å². The fraction of sp³-hybridized carbons (Fsp3) is 0.700. The Hall–Kier alpha value is -0.910. The topological polar surface area (TPSA) is 52.6 Å². The summed E-state index contributed by atoms with van der Waals surface area (Å²) in [5.41, 5.74) is 1.05. The van der Waals surface area contributed by atoms with Gasteiger partial charge in [0.05, 0.1) is 9.64 Å². The van der Waals surface area contributed by atoms with Gasteiger partial charge in [-0.25, -0.2) is 8.42 Å². The van der Waals surface area contributed by atoms with Crippen LogP contribution < -0.4 is 0 Å². The maximum Gasteiger partial charge on any atom is 0.184 e. The summed E-state index contributed by atoms with van der Waals surface area (Å²) in [5.74, 6) is 0. The molecule has 1 aromatic rings. The molecule has 0 aliphatic carbocycles. The van der Waals surface area contributed by atoms with Crippen molar-refractivity contribution in [2.75, 3.05) is 14.2 Å². The molecule has 0 aliphatic rings. The molecule has 25 heavy (non-hydrogen) atoms. The summed E-state index contributed by atoms with van der Waals surface area (Å²) in [7, 11) is -0.366. The molecule has 0 atom stereocenters. The van der Waals surface area contributed by atoms with Crippen molar-refractivity contribution in [1.29, 1.82) is 0 Å². The molecule has 0 N–H and O–H groups in total. The minimum atomic E-state index is -3.50. The van der Waals surface area contributed by atoms with Crippen LogP contribution in [0.15, 0.2) is 29.2 Å². The molecule has 1 aromatic carbocycles. The number of hydrogen-bond acceptors (Lipinski definition) is 4. The zero-order valence-electron chi connectivity index (χ0n) is 16.4. The van der Waals surface area contributed by atoms with E-state index in [-0.39, 0.29) is 0 Å². The first kappa shape index (κ1) is 22.1. The van der Waals surface area contributed by atoms with Crippen molar-refractivity contribution in [2.24, 2.45) is 0 Å². The molecule has 0 fully saturated rings. The third-order valence-electron chi connectivity index (χ3n) is 4.94. The standard InChI is InChI=1S/C20H34O4S/c1-6-8-14-20(15-9-7-2,16-19(23-4)24-5)25(21,22)18-12-10-17(3)11-13-18/h10-13,19H,6-9,14-16H2,1-5H3. The fourth-order valence-corrected chi connectivity index (χ4v) is 5.42. The van der Waals surface area contributed by atoms with Crippen molar-refractivity contribution in [3.8, 4) is 0 Å². The molecule has 0 aliphatic heterocycles. The van der Waals surface area contributed by atoms with Crippen LogP contribution >= 0.6 is 0 Å². The van der Waals surface area contributed by atoms with Crippen LogP contribution in [0, 0.1) is 6.92 Å². The highest BCUT2D eigenvalue weighted by atomic mass is 32.2. The predicted molar refractivity (Wildman–Crippen MR) is 103 cm³/mol. The summed E-state index contributed by atoms with van der Waals surface area (Å²) in [6.07, 6.45) is 4.75. The van der Waals surface area contributed by atoms with Gasteiger partial charge in [-0.15, -0.1) is 0 Å². The summed E-state index contributed by atoms with van der Waals surface area (Å²) in [6.45, 7) is 6.14. The molecule has 1 rings (SSSR count). The lowest BCUT2D eigenvalue weighted by molar-refractivity contribution is -0.112. The normalized spacial score (nSPS) is 12.7. The van der Waals surface area contributed by atoms with Gasteiger partial charge in [-0.1, -0.05) is 57.2 Å². The second-order valence-electron chi connectivity index (χ2n) is 6.81. The molecule has 5 heteroatoms. The lowest BCUT2D eigenvalue weighted by atomic mass is 9.91. The number of rotatable bonds is 12. The van der Waals surface area contributed by atoms with Gasteiger partial charge < -0.3 is 9.47 Å². The number of hydrogen-bond donors (Lipinski definition) is 0. The van der Waals surface area contributed by atoms with Gasteiger partial charge in [-0.05, 0) is 31.9 Å². The summed E-state index contributed by atoms with van der Waals surface area (Å²) >= 11 is 0. The van der Waals surface area contributed by atoms with Crippen molar-refractivity contribution in [1.82, 2.24) is 0 Å². The minimum absolute atomic E-state index is 0.357. The first-order valence-electron chi connectivity index (χ1n) is 9.23. The third-order valence-corrected chi connectivity index (χ3v) is 7.55. The Morgan fingerprint density at radius 1 is 0.960 bits per heavy atom. The van der Waals surface area contributed by atoms with E-state index < -0.39 is 20.9 Å². The number of methoxy groups -OCH3 is 2. The van der Waals surface area contributed by atoms with E-state index in [1.54, 1.807) is 26.4 Å². The van der Waals surface area contributed by atoms with Crippen LogP contribution in [0.4, 0.5) is 0 Å². The molecule has 0 bridgehead atoms. The zero-order chi connectivity index (χ0) is 18.9. The molecule has 0 spiro atoms. The van der Waals surface area contributed by atoms with E-state index in [4.69, 9.17) is 9.47 Å². The highest BCUT2D eigenvalue weighted by Crippen LogP contribution is 2.40. The van der Waals surface area contributed by atoms with E-state index in [1.807, 2.05) is 19.1 Å². The Balaban J connectivity index is 3.39. The van der Waals surface area contributed by atoms with Crippen LogP contribution in [0.5, 0.6) is 0 Å². The van der Waals surface area contributed by atoms with Gasteiger partial charge in [0.25, 0.3) is 0 Å². The summed E-state index contributed by atoms with van der Waals surface area (Å²) in [4.78, 5) is 0.399. The Morgan fingerprint density at radius 3 is 1.84 bits per heavy atom. The smallest absolute Gasteiger partial charge is 0.184 e. The molecular weight excluding hydrogens is 336 g/mol. The Kier molecular flexibility index (Phi) is 9.11. The molecule has 0 saturated carbocycles. The van der Waals surface area contributed by atoms with Crippen LogP contribution in [0.1, 0.15) is 64.4 Å². The molecule has 0 saturated heterocycles. The Labute approximate surface area is 153 Å². The van der Waals surface area contributed by atoms with Gasteiger partial charge in [0, 0.05) is 20.6 Å². The maximum atomic E-state index is 13.6. The monoisotopic (exact) mass is 370 g/mol. The number of unbranched alkanes of at least 4 members (excludes halogenated alkanes) is 2. The number of ether oxygens (including phenoxy) is 2. The van der Waals surface area contributed by atoms with Crippen molar-refractivity contribution >= 4 is 9.84 Å². The Morgan fingerprint density at radius 2 is 1.44 bits per heavy atom. The van der Waals surface area contributed by atoms with Crippen LogP contribution in [0.3, 0.4) is 0 Å². The molecule has 0 unspecified atom stereocenters. The van der Waals surface area contributed by atoms with Crippen LogP contribution in [0.25, 0.3) is 0 Å². The van der Waals surface area contributed by atoms with Gasteiger partial charge in [0.15, 0.2) is 16.1 Å². The van der Waals surface area contributed by atoms with Gasteiger partial charge >= 0.3 is 0 Å². The van der Waals surface area contributed by atoms with Crippen molar-refractivity contribution in [3.05, 3.63) is 29.8 Å². The maximum absolute atomic E-state index is 13.6. The van der Waals surface area contributed by atoms with Crippen molar-refractivity contribution in [2.45, 2.75) is 81.6 Å². The number of aryl methyl sites for hydroxylation is 1. The quantitative estimate of drug-likeness (QED) is 0.491. The average molecular weight is 371 g/mol. The Bertz CT molecular complexity index is 581. The van der Waals surface area contributed by atoms with Gasteiger partial charge in [0.2, 0.25) is 0 Å². The second-order valence-corrected chi connectivity index (χ2v) is 9.16. The van der Waals surface area contributed by atoms with E-state index in [0.29, 0.717) is 24.2 Å². The fourth-order valence-electron chi connectivity index (χ4n) is 3.24. The molecule has 4 nitrogen and oxygen atoms in total. The third kappa shape index (κ3) is 5.53. The minimum Gasteiger partial charge on any atom is -0.356 e. The first-order valence-corrected chi connectivity index (χ1v) is 10.7. The van der Waals surface area contributed by atoms with Gasteiger partial charge in [-0.3, -0.25) is 0 Å². The molecule has 0 aromatic heterocycles. The highest BCUT2D eigenvalue weighted by molar-refractivity contribution is 7.92. The van der Waals surface area contributed by atoms with Gasteiger partial charge in [-0.2, -0.15) is 0 Å². The molecular formula is C20H34O4S. The average Bonchev–Trinajstić information content (AvgIpc) is 2.61.